The molecule has 0 amide bonds. The van der Waals surface area contributed by atoms with E-state index in [2.05, 4.69) is 0 Å². The molecule has 0 aliphatic carbocycles. The lowest BCUT2D eigenvalue weighted by Gasteiger charge is -2.34. The monoisotopic (exact) mass is 344 g/mol. The maximum absolute atomic E-state index is 12.2. The van der Waals surface area contributed by atoms with Gasteiger partial charge in [0, 0.05) is 35.4 Å². The summed E-state index contributed by atoms with van der Waals surface area (Å²) in [7, 11) is -3.11. The number of sulfone groups is 1. The molecule has 1 unspecified atom stereocenters. The van der Waals surface area contributed by atoms with Gasteiger partial charge in [-0.3, -0.25) is 4.90 Å². The van der Waals surface area contributed by atoms with Gasteiger partial charge in [-0.25, -0.2) is 8.42 Å². The van der Waals surface area contributed by atoms with E-state index in [9.17, 15) is 8.42 Å². The fourth-order valence-corrected chi connectivity index (χ4v) is 5.60. The van der Waals surface area contributed by atoms with Crippen LogP contribution in [0.2, 0.25) is 5.02 Å². The van der Waals surface area contributed by atoms with Gasteiger partial charge in [0.2, 0.25) is 0 Å². The van der Waals surface area contributed by atoms with Gasteiger partial charge in [0.1, 0.15) is 5.37 Å². The summed E-state index contributed by atoms with van der Waals surface area (Å²) in [6.07, 6.45) is 0. The summed E-state index contributed by atoms with van der Waals surface area (Å²) in [5, 5.41) is 8.92. The SMILES string of the molecule is CCS(=O)(=O)C1CSCCN1Cc1ccc(C#N)cc1Cl. The van der Waals surface area contributed by atoms with Crippen molar-refractivity contribution in [1.82, 2.24) is 4.90 Å². The lowest BCUT2D eigenvalue weighted by molar-refractivity contribution is 0.262. The molecule has 0 N–H and O–H groups in total. The van der Waals surface area contributed by atoms with E-state index in [1.807, 2.05) is 11.0 Å². The van der Waals surface area contributed by atoms with Crippen LogP contribution in [-0.2, 0) is 16.4 Å². The molecule has 2 rings (SSSR count). The fraction of sp³-hybridized carbons (Fsp3) is 0.500. The van der Waals surface area contributed by atoms with Gasteiger partial charge in [-0.2, -0.15) is 17.0 Å². The molecule has 1 atom stereocenters. The zero-order valence-electron chi connectivity index (χ0n) is 11.8. The molecule has 21 heavy (non-hydrogen) atoms. The Labute approximate surface area is 135 Å². The Kier molecular flexibility index (Phi) is 5.55. The molecule has 7 heteroatoms. The van der Waals surface area contributed by atoms with Gasteiger partial charge in [-0.1, -0.05) is 24.6 Å². The van der Waals surface area contributed by atoms with Crippen LogP contribution in [-0.4, -0.2) is 42.5 Å². The minimum atomic E-state index is -3.11. The zero-order chi connectivity index (χ0) is 15.5. The molecule has 0 saturated carbocycles. The van der Waals surface area contributed by atoms with Gasteiger partial charge >= 0.3 is 0 Å². The third kappa shape index (κ3) is 3.92. The molecule has 1 aliphatic rings. The van der Waals surface area contributed by atoms with Gasteiger partial charge in [0.25, 0.3) is 0 Å². The Balaban J connectivity index is 2.22. The fourth-order valence-electron chi connectivity index (χ4n) is 2.28. The first-order valence-electron chi connectivity index (χ1n) is 6.70. The van der Waals surface area contributed by atoms with E-state index in [1.54, 1.807) is 36.9 Å². The number of rotatable bonds is 4. The minimum absolute atomic E-state index is 0.149. The van der Waals surface area contributed by atoms with Crippen LogP contribution in [0.5, 0.6) is 0 Å². The molecule has 1 aliphatic heterocycles. The van der Waals surface area contributed by atoms with Crippen molar-refractivity contribution in [3.63, 3.8) is 0 Å². The number of thioether (sulfide) groups is 1. The second-order valence-electron chi connectivity index (χ2n) is 4.87. The van der Waals surface area contributed by atoms with E-state index >= 15 is 0 Å². The van der Waals surface area contributed by atoms with Gasteiger partial charge < -0.3 is 0 Å². The molecule has 114 valence electrons. The molecule has 1 aromatic rings. The van der Waals surface area contributed by atoms with Crippen molar-refractivity contribution in [3.05, 3.63) is 34.3 Å². The highest BCUT2D eigenvalue weighted by Gasteiger charge is 2.32. The molecule has 4 nitrogen and oxygen atoms in total. The van der Waals surface area contributed by atoms with Gasteiger partial charge in [0.15, 0.2) is 9.84 Å². The van der Waals surface area contributed by atoms with Crippen molar-refractivity contribution in [1.29, 1.82) is 5.26 Å². The van der Waals surface area contributed by atoms with Crippen molar-refractivity contribution in [2.24, 2.45) is 0 Å². The summed E-state index contributed by atoms with van der Waals surface area (Å²) in [4.78, 5) is 1.97. The van der Waals surface area contributed by atoms with Crippen LogP contribution in [0.1, 0.15) is 18.1 Å². The second kappa shape index (κ2) is 7.01. The molecule has 1 fully saturated rings. The summed E-state index contributed by atoms with van der Waals surface area (Å²) < 4.78 is 24.4. The number of hydrogen-bond donors (Lipinski definition) is 0. The first-order valence-corrected chi connectivity index (χ1v) is 9.94. The Morgan fingerprint density at radius 3 is 2.90 bits per heavy atom. The normalized spacial score (nSPS) is 20.1. The largest absolute Gasteiger partial charge is 0.281 e. The van der Waals surface area contributed by atoms with Crippen LogP contribution in [0, 0.1) is 11.3 Å². The first kappa shape index (κ1) is 16.6. The molecule has 1 saturated heterocycles. The highest BCUT2D eigenvalue weighted by molar-refractivity contribution is 8.01. The van der Waals surface area contributed by atoms with Crippen LogP contribution in [0.25, 0.3) is 0 Å². The molecule has 1 heterocycles. The topological polar surface area (TPSA) is 61.2 Å². The number of hydrogen-bond acceptors (Lipinski definition) is 5. The zero-order valence-corrected chi connectivity index (χ0v) is 14.1. The van der Waals surface area contributed by atoms with Crippen LogP contribution < -0.4 is 0 Å². The summed E-state index contributed by atoms with van der Waals surface area (Å²) in [5.41, 5.74) is 1.37. The molecule has 0 bridgehead atoms. The maximum atomic E-state index is 12.2. The standard InChI is InChI=1S/C14H17ClN2O2S2/c1-2-21(18,19)14-10-20-6-5-17(14)9-12-4-3-11(8-16)7-13(12)15/h3-4,7,14H,2,5-6,9-10H2,1H3. The van der Waals surface area contributed by atoms with Gasteiger partial charge in [0.05, 0.1) is 11.6 Å². The third-order valence-corrected chi connectivity index (χ3v) is 7.25. The van der Waals surface area contributed by atoms with Gasteiger partial charge in [-0.05, 0) is 17.7 Å². The second-order valence-corrected chi connectivity index (χ2v) is 8.87. The smallest absolute Gasteiger partial charge is 0.166 e. The first-order chi connectivity index (χ1) is 9.97. The van der Waals surface area contributed by atoms with E-state index in [-0.39, 0.29) is 5.75 Å². The van der Waals surface area contributed by atoms with Gasteiger partial charge in [-0.15, -0.1) is 0 Å². The van der Waals surface area contributed by atoms with Crippen molar-refractivity contribution in [3.8, 4) is 6.07 Å². The van der Waals surface area contributed by atoms with E-state index in [0.717, 1.165) is 17.9 Å². The van der Waals surface area contributed by atoms with Crippen LogP contribution in [0.3, 0.4) is 0 Å². The number of halogens is 1. The Morgan fingerprint density at radius 1 is 1.52 bits per heavy atom. The average molecular weight is 345 g/mol. The quantitative estimate of drug-likeness (QED) is 0.839. The van der Waals surface area contributed by atoms with Crippen molar-refractivity contribution in [2.75, 3.05) is 23.8 Å². The minimum Gasteiger partial charge on any atom is -0.281 e. The molecule has 0 spiro atoms. The highest BCUT2D eigenvalue weighted by Crippen LogP contribution is 2.26. The predicted molar refractivity (Wildman–Crippen MR) is 87.2 cm³/mol. The molecular weight excluding hydrogens is 328 g/mol. The predicted octanol–water partition coefficient (Wildman–Crippen LogP) is 2.52. The van der Waals surface area contributed by atoms with E-state index in [1.165, 1.54) is 0 Å². The lowest BCUT2D eigenvalue weighted by Crippen LogP contribution is -2.47. The Hall–Kier alpha value is -0.740. The molecule has 1 aromatic carbocycles. The van der Waals surface area contributed by atoms with Crippen molar-refractivity contribution >= 4 is 33.2 Å². The van der Waals surface area contributed by atoms with Crippen LogP contribution in [0.4, 0.5) is 0 Å². The maximum Gasteiger partial charge on any atom is 0.166 e. The number of nitriles is 1. The number of nitrogens with zero attached hydrogens (tertiary/aromatic N) is 2. The average Bonchev–Trinajstić information content (AvgIpc) is 2.49. The van der Waals surface area contributed by atoms with E-state index in [0.29, 0.717) is 22.9 Å². The summed E-state index contributed by atoms with van der Waals surface area (Å²) in [6, 6.07) is 7.18. The van der Waals surface area contributed by atoms with Crippen molar-refractivity contribution < 1.29 is 8.42 Å². The summed E-state index contributed by atoms with van der Waals surface area (Å²) >= 11 is 7.86. The number of benzene rings is 1. The Morgan fingerprint density at radius 2 is 2.29 bits per heavy atom. The molecule has 0 aromatic heterocycles. The van der Waals surface area contributed by atoms with E-state index in [4.69, 9.17) is 16.9 Å². The van der Waals surface area contributed by atoms with Crippen LogP contribution in [0.15, 0.2) is 18.2 Å². The Bertz CT molecular complexity index is 655. The summed E-state index contributed by atoms with van der Waals surface area (Å²) in [5.74, 6) is 1.67. The molecular formula is C14H17ClN2O2S2. The third-order valence-electron chi connectivity index (χ3n) is 3.56. The van der Waals surface area contributed by atoms with Crippen molar-refractivity contribution in [2.45, 2.75) is 18.8 Å². The molecule has 0 radical (unpaired) electrons. The van der Waals surface area contributed by atoms with E-state index < -0.39 is 15.2 Å². The summed E-state index contributed by atoms with van der Waals surface area (Å²) in [6.45, 7) is 2.90. The van der Waals surface area contributed by atoms with Crippen LogP contribution >= 0.6 is 23.4 Å². The highest BCUT2D eigenvalue weighted by atomic mass is 35.5. The lowest BCUT2D eigenvalue weighted by atomic mass is 10.1.